The predicted molar refractivity (Wildman–Crippen MR) is 106 cm³/mol. The Morgan fingerprint density at radius 1 is 1.23 bits per heavy atom. The van der Waals surface area contributed by atoms with E-state index in [1.165, 1.54) is 17.6 Å². The number of fused-ring (bicyclic) bond motifs is 3. The highest BCUT2D eigenvalue weighted by Gasteiger charge is 2.15. The number of halogens is 2. The third-order valence-electron chi connectivity index (χ3n) is 3.84. The second-order valence-corrected chi connectivity index (χ2v) is 7.58. The molecule has 130 valence electrons. The first kappa shape index (κ1) is 17.1. The van der Waals surface area contributed by atoms with E-state index >= 15 is 0 Å². The van der Waals surface area contributed by atoms with Crippen LogP contribution >= 0.6 is 34.5 Å². The lowest BCUT2D eigenvalue weighted by atomic mass is 10.1. The van der Waals surface area contributed by atoms with Gasteiger partial charge in [0, 0.05) is 21.7 Å². The molecule has 0 atom stereocenters. The summed E-state index contributed by atoms with van der Waals surface area (Å²) in [5.74, 6) is 0. The van der Waals surface area contributed by atoms with E-state index in [1.54, 1.807) is 18.2 Å². The van der Waals surface area contributed by atoms with E-state index in [-0.39, 0.29) is 5.56 Å². The van der Waals surface area contributed by atoms with Gasteiger partial charge in [0.15, 0.2) is 0 Å². The van der Waals surface area contributed by atoms with E-state index in [9.17, 15) is 4.79 Å². The van der Waals surface area contributed by atoms with Crippen molar-refractivity contribution < 1.29 is 0 Å². The smallest absolute Gasteiger partial charge is 0.264 e. The van der Waals surface area contributed by atoms with E-state index < -0.39 is 0 Å². The first-order chi connectivity index (χ1) is 12.4. The molecule has 0 spiro atoms. The zero-order valence-electron chi connectivity index (χ0n) is 13.7. The molecule has 0 N–H and O–H groups in total. The maximum Gasteiger partial charge on any atom is 0.309 e. The number of aryl methyl sites for hydroxylation is 2. The van der Waals surface area contributed by atoms with Crippen LogP contribution in [0, 0.1) is 13.8 Å². The van der Waals surface area contributed by atoms with Crippen LogP contribution in [0.2, 0.25) is 10.0 Å². The van der Waals surface area contributed by atoms with Crippen LogP contribution in [0.4, 0.5) is 0 Å². The zero-order valence-corrected chi connectivity index (χ0v) is 16.0. The number of pyridine rings is 1. The van der Waals surface area contributed by atoms with Gasteiger partial charge in [-0.2, -0.15) is 5.10 Å². The van der Waals surface area contributed by atoms with Crippen LogP contribution in [0.3, 0.4) is 0 Å². The third kappa shape index (κ3) is 2.88. The predicted octanol–water partition coefficient (Wildman–Crippen LogP) is 4.21. The number of aromatic nitrogens is 4. The average Bonchev–Trinajstić information content (AvgIpc) is 2.95. The van der Waals surface area contributed by atoms with E-state index in [2.05, 4.69) is 20.4 Å². The SMILES string of the molecule is Cc1cc(C)c2c(n1)sc1c(=O)n(/N=C/c3ccc(Cl)cc3Cl)nnc12. The van der Waals surface area contributed by atoms with Gasteiger partial charge in [0.25, 0.3) is 0 Å². The summed E-state index contributed by atoms with van der Waals surface area (Å²) < 4.78 is 0.468. The fourth-order valence-electron chi connectivity index (χ4n) is 2.68. The minimum absolute atomic E-state index is 0.351. The van der Waals surface area contributed by atoms with Gasteiger partial charge in [-0.3, -0.25) is 4.79 Å². The Bertz CT molecular complexity index is 1260. The van der Waals surface area contributed by atoms with E-state index in [4.69, 9.17) is 23.2 Å². The summed E-state index contributed by atoms with van der Waals surface area (Å²) in [4.78, 5) is 18.9. The molecule has 0 aliphatic rings. The summed E-state index contributed by atoms with van der Waals surface area (Å²) in [5.41, 5.74) is 2.73. The molecule has 0 saturated carbocycles. The molecule has 0 amide bonds. The fraction of sp³-hybridized carbons (Fsp3) is 0.118. The van der Waals surface area contributed by atoms with Crippen molar-refractivity contribution in [3.63, 3.8) is 0 Å². The normalized spacial score (nSPS) is 11.8. The van der Waals surface area contributed by atoms with Crippen molar-refractivity contribution >= 4 is 61.2 Å². The summed E-state index contributed by atoms with van der Waals surface area (Å²) in [6.07, 6.45) is 1.45. The maximum atomic E-state index is 12.7. The molecule has 4 rings (SSSR count). The Kier molecular flexibility index (Phi) is 4.22. The molecule has 0 fully saturated rings. The van der Waals surface area contributed by atoms with Crippen molar-refractivity contribution in [1.82, 2.24) is 20.1 Å². The molecule has 0 aliphatic heterocycles. The summed E-state index contributed by atoms with van der Waals surface area (Å²) in [5, 5.41) is 14.0. The van der Waals surface area contributed by atoms with Gasteiger partial charge in [0.2, 0.25) is 0 Å². The number of hydrogen-bond acceptors (Lipinski definition) is 6. The molecule has 4 aromatic rings. The molecular formula is C17H11Cl2N5OS. The Morgan fingerprint density at radius 2 is 2.04 bits per heavy atom. The second-order valence-electron chi connectivity index (χ2n) is 5.73. The van der Waals surface area contributed by atoms with Gasteiger partial charge in [0.05, 0.1) is 11.2 Å². The zero-order chi connectivity index (χ0) is 18.4. The molecule has 3 heterocycles. The van der Waals surface area contributed by atoms with Crippen LogP contribution in [0.1, 0.15) is 16.8 Å². The number of benzene rings is 1. The van der Waals surface area contributed by atoms with Gasteiger partial charge in [-0.1, -0.05) is 34.1 Å². The molecule has 0 bridgehead atoms. The minimum Gasteiger partial charge on any atom is -0.264 e. The Balaban J connectivity index is 1.86. The summed E-state index contributed by atoms with van der Waals surface area (Å²) in [6, 6.07) is 6.96. The lowest BCUT2D eigenvalue weighted by molar-refractivity contribution is 0.643. The number of hydrogen-bond donors (Lipinski definition) is 0. The van der Waals surface area contributed by atoms with Gasteiger partial charge in [-0.15, -0.1) is 16.4 Å². The largest absolute Gasteiger partial charge is 0.309 e. The topological polar surface area (TPSA) is 73.0 Å². The van der Waals surface area contributed by atoms with Gasteiger partial charge < -0.3 is 0 Å². The van der Waals surface area contributed by atoms with Crippen LogP contribution in [0.25, 0.3) is 20.4 Å². The highest BCUT2D eigenvalue weighted by atomic mass is 35.5. The first-order valence-electron chi connectivity index (χ1n) is 7.60. The number of nitrogens with zero attached hydrogens (tertiary/aromatic N) is 5. The summed E-state index contributed by atoms with van der Waals surface area (Å²) in [6.45, 7) is 3.89. The van der Waals surface area contributed by atoms with Gasteiger partial charge in [0.1, 0.15) is 15.0 Å². The van der Waals surface area contributed by atoms with Gasteiger partial charge in [-0.05, 0) is 42.8 Å². The lowest BCUT2D eigenvalue weighted by Crippen LogP contribution is -2.19. The molecule has 0 saturated heterocycles. The van der Waals surface area contributed by atoms with E-state index in [0.717, 1.165) is 26.3 Å². The van der Waals surface area contributed by atoms with Crippen LogP contribution in [-0.2, 0) is 0 Å². The van der Waals surface area contributed by atoms with Gasteiger partial charge in [-0.25, -0.2) is 4.98 Å². The molecule has 0 radical (unpaired) electrons. The molecule has 1 aromatic carbocycles. The highest BCUT2D eigenvalue weighted by molar-refractivity contribution is 7.25. The van der Waals surface area contributed by atoms with Crippen molar-refractivity contribution in [1.29, 1.82) is 0 Å². The van der Waals surface area contributed by atoms with Crippen molar-refractivity contribution in [3.8, 4) is 0 Å². The highest BCUT2D eigenvalue weighted by Crippen LogP contribution is 2.31. The Morgan fingerprint density at radius 3 is 2.81 bits per heavy atom. The standard InChI is InChI=1S/C17H11Cl2N5OS/c1-8-5-9(2)21-16-13(8)14-15(26-16)17(25)24(23-22-14)20-7-10-3-4-11(18)6-12(10)19/h3-7H,1-2H3/b20-7+. The summed E-state index contributed by atoms with van der Waals surface area (Å²) in [7, 11) is 0. The first-order valence-corrected chi connectivity index (χ1v) is 9.17. The van der Waals surface area contributed by atoms with Crippen LogP contribution in [0.5, 0.6) is 0 Å². The second kappa shape index (κ2) is 6.42. The monoisotopic (exact) mass is 403 g/mol. The lowest BCUT2D eigenvalue weighted by Gasteiger charge is -1.99. The average molecular weight is 404 g/mol. The number of rotatable bonds is 2. The van der Waals surface area contributed by atoms with Crippen LogP contribution in [-0.4, -0.2) is 26.3 Å². The number of thiophene rings is 1. The molecule has 26 heavy (non-hydrogen) atoms. The molecule has 6 nitrogen and oxygen atoms in total. The van der Waals surface area contributed by atoms with Crippen molar-refractivity contribution in [2.24, 2.45) is 5.10 Å². The van der Waals surface area contributed by atoms with E-state index in [1.807, 2.05) is 19.9 Å². The Labute approximate surface area is 161 Å². The molecule has 9 heteroatoms. The third-order valence-corrected chi connectivity index (χ3v) is 5.46. The fourth-order valence-corrected chi connectivity index (χ4v) is 4.29. The Hall–Kier alpha value is -2.35. The molecule has 0 unspecified atom stereocenters. The molecule has 0 aliphatic carbocycles. The maximum absolute atomic E-state index is 12.7. The van der Waals surface area contributed by atoms with E-state index in [0.29, 0.717) is 25.8 Å². The molecule has 3 aromatic heterocycles. The molecular weight excluding hydrogens is 393 g/mol. The van der Waals surface area contributed by atoms with Crippen LogP contribution in [0.15, 0.2) is 34.2 Å². The van der Waals surface area contributed by atoms with Crippen LogP contribution < -0.4 is 5.56 Å². The van der Waals surface area contributed by atoms with Crippen molar-refractivity contribution in [2.45, 2.75) is 13.8 Å². The van der Waals surface area contributed by atoms with Gasteiger partial charge >= 0.3 is 5.56 Å². The van der Waals surface area contributed by atoms with Crippen molar-refractivity contribution in [3.05, 3.63) is 61.5 Å². The summed E-state index contributed by atoms with van der Waals surface area (Å²) >= 11 is 13.3. The quantitative estimate of drug-likeness (QED) is 0.470. The van der Waals surface area contributed by atoms with Crippen molar-refractivity contribution in [2.75, 3.05) is 0 Å². The minimum atomic E-state index is -0.351.